The topological polar surface area (TPSA) is 17.1 Å². The van der Waals surface area contributed by atoms with E-state index in [2.05, 4.69) is 36.4 Å². The van der Waals surface area contributed by atoms with Gasteiger partial charge >= 0.3 is 0 Å². The number of carbonyl (C=O) groups excluding carboxylic acids is 1. The maximum atomic E-state index is 11.7. The number of benzene rings is 2. The van der Waals surface area contributed by atoms with Crippen LogP contribution < -0.4 is 0 Å². The molecule has 1 aliphatic rings. The van der Waals surface area contributed by atoms with Crippen molar-refractivity contribution in [3.8, 4) is 11.1 Å². The smallest absolute Gasteiger partial charge is 0.140 e. The molecule has 0 N–H and O–H groups in total. The van der Waals surface area contributed by atoms with Gasteiger partial charge in [0.05, 0.1) is 5.41 Å². The number of ketones is 1. The molecule has 0 aromatic heterocycles. The second-order valence-corrected chi connectivity index (χ2v) is 5.08. The average Bonchev–Trinajstić information content (AvgIpc) is 3.22. The van der Waals surface area contributed by atoms with E-state index in [0.717, 1.165) is 12.8 Å². The number of rotatable bonds is 3. The molecule has 1 saturated carbocycles. The van der Waals surface area contributed by atoms with Crippen LogP contribution in [0, 0.1) is 0 Å². The van der Waals surface area contributed by atoms with E-state index in [1.165, 1.54) is 16.7 Å². The van der Waals surface area contributed by atoms with Gasteiger partial charge in [-0.3, -0.25) is 4.79 Å². The summed E-state index contributed by atoms with van der Waals surface area (Å²) in [5.74, 6) is 0.301. The van der Waals surface area contributed by atoms with Gasteiger partial charge in [-0.1, -0.05) is 54.6 Å². The predicted molar refractivity (Wildman–Crippen MR) is 73.5 cm³/mol. The standard InChI is InChI=1S/C17H16O/c1-13(18)17(11-12-17)16-9-7-15(8-10-16)14-5-3-2-4-6-14/h2-10H,11-12H2,1H3. The Labute approximate surface area is 107 Å². The fourth-order valence-electron chi connectivity index (χ4n) is 2.58. The molecule has 1 fully saturated rings. The van der Waals surface area contributed by atoms with Gasteiger partial charge < -0.3 is 0 Å². The van der Waals surface area contributed by atoms with Crippen LogP contribution >= 0.6 is 0 Å². The summed E-state index contributed by atoms with van der Waals surface area (Å²) in [7, 11) is 0. The number of hydrogen-bond acceptors (Lipinski definition) is 1. The molecule has 90 valence electrons. The Kier molecular flexibility index (Phi) is 2.55. The maximum Gasteiger partial charge on any atom is 0.140 e. The fraction of sp³-hybridized carbons (Fsp3) is 0.235. The van der Waals surface area contributed by atoms with Crippen LogP contribution in [0.5, 0.6) is 0 Å². The molecule has 0 aliphatic heterocycles. The molecule has 0 atom stereocenters. The van der Waals surface area contributed by atoms with Crippen molar-refractivity contribution in [2.75, 3.05) is 0 Å². The molecular formula is C17H16O. The van der Waals surface area contributed by atoms with Crippen molar-refractivity contribution >= 4 is 5.78 Å². The van der Waals surface area contributed by atoms with Gasteiger partial charge in [0.1, 0.15) is 5.78 Å². The first-order chi connectivity index (χ1) is 8.72. The second-order valence-electron chi connectivity index (χ2n) is 5.08. The lowest BCUT2D eigenvalue weighted by atomic mass is 9.91. The van der Waals surface area contributed by atoms with Gasteiger partial charge in [0.2, 0.25) is 0 Å². The number of carbonyl (C=O) groups is 1. The lowest BCUT2D eigenvalue weighted by molar-refractivity contribution is -0.119. The minimum atomic E-state index is -0.158. The van der Waals surface area contributed by atoms with Crippen LogP contribution in [0.1, 0.15) is 25.3 Å². The van der Waals surface area contributed by atoms with E-state index in [-0.39, 0.29) is 5.41 Å². The monoisotopic (exact) mass is 236 g/mol. The van der Waals surface area contributed by atoms with Gasteiger partial charge in [-0.2, -0.15) is 0 Å². The number of Topliss-reactive ketones (excluding diaryl/α,β-unsaturated/α-hetero) is 1. The highest BCUT2D eigenvalue weighted by molar-refractivity contribution is 5.91. The van der Waals surface area contributed by atoms with Crippen LogP contribution in [0.2, 0.25) is 0 Å². The molecule has 3 rings (SSSR count). The Balaban J connectivity index is 1.93. The molecule has 18 heavy (non-hydrogen) atoms. The Bertz CT molecular complexity index is 562. The van der Waals surface area contributed by atoms with E-state index in [4.69, 9.17) is 0 Å². The van der Waals surface area contributed by atoms with Gasteiger partial charge in [-0.15, -0.1) is 0 Å². The summed E-state index contributed by atoms with van der Waals surface area (Å²) in [6, 6.07) is 18.8. The molecule has 0 radical (unpaired) electrons. The van der Waals surface area contributed by atoms with Crippen LogP contribution in [-0.4, -0.2) is 5.78 Å². The van der Waals surface area contributed by atoms with Crippen LogP contribution in [-0.2, 0) is 10.2 Å². The quantitative estimate of drug-likeness (QED) is 0.788. The summed E-state index contributed by atoms with van der Waals surface area (Å²) in [4.78, 5) is 11.7. The van der Waals surface area contributed by atoms with Crippen molar-refractivity contribution in [2.24, 2.45) is 0 Å². The third-order valence-electron chi connectivity index (χ3n) is 3.97. The zero-order valence-corrected chi connectivity index (χ0v) is 10.5. The first kappa shape index (κ1) is 11.2. The minimum absolute atomic E-state index is 0.158. The summed E-state index contributed by atoms with van der Waals surface area (Å²) < 4.78 is 0. The van der Waals surface area contributed by atoms with E-state index in [1.54, 1.807) is 6.92 Å². The number of hydrogen-bond donors (Lipinski definition) is 0. The minimum Gasteiger partial charge on any atom is -0.299 e. The van der Waals surface area contributed by atoms with Crippen molar-refractivity contribution in [1.29, 1.82) is 0 Å². The molecule has 0 bridgehead atoms. The van der Waals surface area contributed by atoms with E-state index in [9.17, 15) is 4.79 Å². The molecule has 1 nitrogen and oxygen atoms in total. The lowest BCUT2D eigenvalue weighted by Gasteiger charge is -2.12. The summed E-state index contributed by atoms with van der Waals surface area (Å²) >= 11 is 0. The van der Waals surface area contributed by atoms with Crippen LogP contribution in [0.4, 0.5) is 0 Å². The molecule has 0 saturated heterocycles. The second kappa shape index (κ2) is 4.09. The van der Waals surface area contributed by atoms with E-state index >= 15 is 0 Å². The normalized spacial score (nSPS) is 16.3. The van der Waals surface area contributed by atoms with Crippen LogP contribution in [0.3, 0.4) is 0 Å². The first-order valence-corrected chi connectivity index (χ1v) is 6.39. The Morgan fingerprint density at radius 1 is 0.889 bits per heavy atom. The molecule has 0 heterocycles. The molecule has 2 aromatic rings. The Morgan fingerprint density at radius 3 is 1.94 bits per heavy atom. The third-order valence-corrected chi connectivity index (χ3v) is 3.97. The maximum absolute atomic E-state index is 11.7. The Hall–Kier alpha value is -1.89. The summed E-state index contributed by atoms with van der Waals surface area (Å²) in [6.45, 7) is 1.71. The highest BCUT2D eigenvalue weighted by Crippen LogP contribution is 2.49. The average molecular weight is 236 g/mol. The van der Waals surface area contributed by atoms with Gasteiger partial charge in [-0.05, 0) is 36.5 Å². The highest BCUT2D eigenvalue weighted by atomic mass is 16.1. The summed E-state index contributed by atoms with van der Waals surface area (Å²) in [5.41, 5.74) is 3.44. The van der Waals surface area contributed by atoms with Crippen molar-refractivity contribution < 1.29 is 4.79 Å². The predicted octanol–water partition coefficient (Wildman–Crippen LogP) is 3.97. The van der Waals surface area contributed by atoms with Crippen LogP contribution in [0.15, 0.2) is 54.6 Å². The molecular weight excluding hydrogens is 220 g/mol. The third kappa shape index (κ3) is 1.76. The molecule has 1 heteroatoms. The lowest BCUT2D eigenvalue weighted by Crippen LogP contribution is -2.16. The molecule has 0 amide bonds. The molecule has 1 aliphatic carbocycles. The van der Waals surface area contributed by atoms with Gasteiger partial charge in [0.25, 0.3) is 0 Å². The van der Waals surface area contributed by atoms with Gasteiger partial charge in [0.15, 0.2) is 0 Å². The van der Waals surface area contributed by atoms with Gasteiger partial charge in [-0.25, -0.2) is 0 Å². The van der Waals surface area contributed by atoms with Crippen molar-refractivity contribution in [3.05, 3.63) is 60.2 Å². The van der Waals surface area contributed by atoms with Crippen molar-refractivity contribution in [1.82, 2.24) is 0 Å². The van der Waals surface area contributed by atoms with E-state index in [1.807, 2.05) is 18.2 Å². The molecule has 0 spiro atoms. The Morgan fingerprint density at radius 2 is 1.44 bits per heavy atom. The highest BCUT2D eigenvalue weighted by Gasteiger charge is 2.48. The summed E-state index contributed by atoms with van der Waals surface area (Å²) in [5, 5.41) is 0. The van der Waals surface area contributed by atoms with Crippen LogP contribution in [0.25, 0.3) is 11.1 Å². The fourth-order valence-corrected chi connectivity index (χ4v) is 2.58. The molecule has 0 unspecified atom stereocenters. The SMILES string of the molecule is CC(=O)C1(c2ccc(-c3ccccc3)cc2)CC1. The van der Waals surface area contributed by atoms with E-state index in [0.29, 0.717) is 5.78 Å². The van der Waals surface area contributed by atoms with Crippen molar-refractivity contribution in [3.63, 3.8) is 0 Å². The van der Waals surface area contributed by atoms with Gasteiger partial charge in [0, 0.05) is 0 Å². The summed E-state index contributed by atoms with van der Waals surface area (Å²) in [6.07, 6.45) is 2.01. The first-order valence-electron chi connectivity index (χ1n) is 6.39. The zero-order valence-electron chi connectivity index (χ0n) is 10.5. The van der Waals surface area contributed by atoms with Crippen molar-refractivity contribution in [2.45, 2.75) is 25.2 Å². The van der Waals surface area contributed by atoms with E-state index < -0.39 is 0 Å². The largest absolute Gasteiger partial charge is 0.299 e. The molecule has 2 aromatic carbocycles. The zero-order chi connectivity index (χ0) is 12.6.